The number of nitrogens with two attached hydrogens (primary N) is 1. The molecule has 1 aliphatic carbocycles. The van der Waals surface area contributed by atoms with E-state index < -0.39 is 6.04 Å². The Morgan fingerprint density at radius 3 is 2.30 bits per heavy atom. The Morgan fingerprint density at radius 2 is 1.68 bits per heavy atom. The maximum Gasteiger partial charge on any atom is 0.337 e. The molecule has 11 nitrogen and oxygen atoms in total. The van der Waals surface area contributed by atoms with Crippen LogP contribution in [0.1, 0.15) is 47.2 Å². The number of hydrogen-bond donors (Lipinski definition) is 4. The van der Waals surface area contributed by atoms with E-state index in [1.54, 1.807) is 36.4 Å². The standard InChI is InChI=1S/C33H37N7O4/c1-20-17-26(33(43)44-2)13-16-28(20)23-7-3-21(4-8-23)18-29(36-31(41)25-9-5-22(19-34)6-10-25)32(42)35-27-14-11-24(12-15-27)30-37-39-40-38-30/h3-4,7-8,11-17,22,25,29H,5-6,9-10,18-19,34H2,1-2H3,(H,35,42)(H,36,41)(H,37,38,39,40)/t22-,25-,29-/m0/s1. The number of tetrazole rings is 1. The Hall–Kier alpha value is -4.90. The highest BCUT2D eigenvalue weighted by molar-refractivity contribution is 5.98. The summed E-state index contributed by atoms with van der Waals surface area (Å²) >= 11 is 0. The Morgan fingerprint density at radius 1 is 0.977 bits per heavy atom. The largest absolute Gasteiger partial charge is 0.465 e. The highest BCUT2D eigenvalue weighted by Crippen LogP contribution is 2.29. The van der Waals surface area contributed by atoms with Gasteiger partial charge >= 0.3 is 5.97 Å². The van der Waals surface area contributed by atoms with Crippen molar-refractivity contribution in [3.05, 3.63) is 83.4 Å². The molecular formula is C33H37N7O4. The molecule has 44 heavy (non-hydrogen) atoms. The van der Waals surface area contributed by atoms with E-state index in [0.29, 0.717) is 36.0 Å². The van der Waals surface area contributed by atoms with Gasteiger partial charge in [-0.05, 0) is 109 Å². The number of amides is 2. The summed E-state index contributed by atoms with van der Waals surface area (Å²) in [5, 5.41) is 19.9. The summed E-state index contributed by atoms with van der Waals surface area (Å²) in [5.74, 6) is -0.0224. The summed E-state index contributed by atoms with van der Waals surface area (Å²) in [6.07, 6.45) is 3.68. The molecule has 4 aromatic rings. The molecule has 0 aliphatic heterocycles. The first-order valence-corrected chi connectivity index (χ1v) is 14.8. The third-order valence-corrected chi connectivity index (χ3v) is 8.29. The lowest BCUT2D eigenvalue weighted by Crippen LogP contribution is -2.48. The number of esters is 1. The second-order valence-electron chi connectivity index (χ2n) is 11.2. The average molecular weight is 596 g/mol. The molecule has 0 bridgehead atoms. The minimum Gasteiger partial charge on any atom is -0.465 e. The van der Waals surface area contributed by atoms with Crippen LogP contribution in [0, 0.1) is 18.8 Å². The van der Waals surface area contributed by atoms with Crippen LogP contribution in [-0.4, -0.2) is 58.1 Å². The molecule has 1 atom stereocenters. The van der Waals surface area contributed by atoms with Crippen LogP contribution in [-0.2, 0) is 20.7 Å². The van der Waals surface area contributed by atoms with Crippen LogP contribution in [0.5, 0.6) is 0 Å². The molecular weight excluding hydrogens is 558 g/mol. The topological polar surface area (TPSA) is 165 Å². The lowest BCUT2D eigenvalue weighted by Gasteiger charge is -2.28. The van der Waals surface area contributed by atoms with Gasteiger partial charge in [-0.15, -0.1) is 10.2 Å². The third kappa shape index (κ3) is 7.35. The first-order chi connectivity index (χ1) is 21.3. The number of H-pyrrole nitrogens is 1. The lowest BCUT2D eigenvalue weighted by atomic mass is 9.81. The molecule has 1 aromatic heterocycles. The third-order valence-electron chi connectivity index (χ3n) is 8.29. The van der Waals surface area contributed by atoms with Crippen molar-refractivity contribution in [1.82, 2.24) is 25.9 Å². The quantitative estimate of drug-likeness (QED) is 0.199. The molecule has 5 N–H and O–H groups in total. The van der Waals surface area contributed by atoms with Crippen molar-refractivity contribution in [3.8, 4) is 22.5 Å². The highest BCUT2D eigenvalue weighted by Gasteiger charge is 2.29. The number of ether oxygens (including phenoxy) is 1. The zero-order valence-electron chi connectivity index (χ0n) is 24.9. The second-order valence-corrected chi connectivity index (χ2v) is 11.2. The van der Waals surface area contributed by atoms with Gasteiger partial charge in [0.05, 0.1) is 12.7 Å². The van der Waals surface area contributed by atoms with E-state index in [-0.39, 0.29) is 23.7 Å². The van der Waals surface area contributed by atoms with Gasteiger partial charge in [-0.2, -0.15) is 5.21 Å². The number of carbonyl (C=O) groups excluding carboxylic acids is 3. The molecule has 228 valence electrons. The van der Waals surface area contributed by atoms with E-state index in [9.17, 15) is 14.4 Å². The van der Waals surface area contributed by atoms with Crippen molar-refractivity contribution < 1.29 is 19.1 Å². The zero-order valence-corrected chi connectivity index (χ0v) is 24.9. The molecule has 1 saturated carbocycles. The number of nitrogens with one attached hydrogen (secondary N) is 3. The number of anilines is 1. The van der Waals surface area contributed by atoms with E-state index >= 15 is 0 Å². The van der Waals surface area contributed by atoms with Crippen LogP contribution in [0.25, 0.3) is 22.5 Å². The van der Waals surface area contributed by atoms with Gasteiger partial charge in [0, 0.05) is 23.6 Å². The summed E-state index contributed by atoms with van der Waals surface area (Å²) in [4.78, 5) is 38.8. The van der Waals surface area contributed by atoms with Crippen LogP contribution in [0.4, 0.5) is 5.69 Å². The van der Waals surface area contributed by atoms with Gasteiger partial charge < -0.3 is 21.1 Å². The van der Waals surface area contributed by atoms with Gasteiger partial charge in [0.15, 0.2) is 0 Å². The molecule has 11 heteroatoms. The van der Waals surface area contributed by atoms with Gasteiger partial charge in [-0.3, -0.25) is 9.59 Å². The van der Waals surface area contributed by atoms with Crippen LogP contribution in [0.2, 0.25) is 0 Å². The van der Waals surface area contributed by atoms with Gasteiger partial charge in [0.25, 0.3) is 0 Å². The number of nitrogens with zero attached hydrogens (tertiary/aromatic N) is 3. The van der Waals surface area contributed by atoms with Gasteiger partial charge in [-0.25, -0.2) is 4.79 Å². The van der Waals surface area contributed by atoms with Crippen LogP contribution < -0.4 is 16.4 Å². The number of benzene rings is 3. The van der Waals surface area contributed by atoms with Crippen molar-refractivity contribution in [2.24, 2.45) is 17.6 Å². The highest BCUT2D eigenvalue weighted by atomic mass is 16.5. The molecule has 2 amide bonds. The molecule has 3 aromatic carbocycles. The summed E-state index contributed by atoms with van der Waals surface area (Å²) in [6.45, 7) is 2.58. The van der Waals surface area contributed by atoms with Crippen molar-refractivity contribution in [3.63, 3.8) is 0 Å². The van der Waals surface area contributed by atoms with E-state index in [1.165, 1.54) is 7.11 Å². The van der Waals surface area contributed by atoms with E-state index in [4.69, 9.17) is 10.5 Å². The maximum atomic E-state index is 13.6. The van der Waals surface area contributed by atoms with Crippen molar-refractivity contribution in [1.29, 1.82) is 0 Å². The predicted molar refractivity (Wildman–Crippen MR) is 166 cm³/mol. The van der Waals surface area contributed by atoms with Crippen LogP contribution >= 0.6 is 0 Å². The zero-order chi connectivity index (χ0) is 31.1. The summed E-state index contributed by atoms with van der Waals surface area (Å²) in [5.41, 5.74) is 11.5. The fourth-order valence-electron chi connectivity index (χ4n) is 5.66. The first kappa shape index (κ1) is 30.6. The fraction of sp³-hybridized carbons (Fsp3) is 0.333. The summed E-state index contributed by atoms with van der Waals surface area (Å²) in [6, 6.07) is 19.7. The van der Waals surface area contributed by atoms with E-state index in [1.807, 2.05) is 37.3 Å². The average Bonchev–Trinajstić information content (AvgIpc) is 3.60. The minimum absolute atomic E-state index is 0.106. The van der Waals surface area contributed by atoms with E-state index in [2.05, 4.69) is 31.3 Å². The number of rotatable bonds is 10. The SMILES string of the molecule is COC(=O)c1ccc(-c2ccc(C[C@H](NC(=O)[C@H]3CC[C@H](CN)CC3)C(=O)Nc3ccc(-c4nn[nH]n4)cc3)cc2)c(C)c1. The van der Waals surface area contributed by atoms with Crippen LogP contribution in [0.3, 0.4) is 0 Å². The molecule has 0 spiro atoms. The van der Waals surface area contributed by atoms with Crippen molar-refractivity contribution in [2.45, 2.75) is 45.1 Å². The summed E-state index contributed by atoms with van der Waals surface area (Å²) < 4.78 is 4.83. The number of aryl methyl sites for hydroxylation is 1. The summed E-state index contributed by atoms with van der Waals surface area (Å²) in [7, 11) is 1.36. The van der Waals surface area contributed by atoms with Crippen LogP contribution in [0.15, 0.2) is 66.7 Å². The predicted octanol–water partition coefficient (Wildman–Crippen LogP) is 4.06. The monoisotopic (exact) mass is 595 g/mol. The molecule has 1 fully saturated rings. The Bertz CT molecular complexity index is 1580. The number of hydrogen-bond acceptors (Lipinski definition) is 8. The normalized spacial score (nSPS) is 17.0. The number of carbonyl (C=O) groups is 3. The van der Waals surface area contributed by atoms with Crippen molar-refractivity contribution in [2.75, 3.05) is 19.0 Å². The first-order valence-electron chi connectivity index (χ1n) is 14.8. The molecule has 1 aliphatic rings. The molecule has 1 heterocycles. The fourth-order valence-corrected chi connectivity index (χ4v) is 5.66. The Balaban J connectivity index is 1.31. The maximum absolute atomic E-state index is 13.6. The van der Waals surface area contributed by atoms with Gasteiger partial charge in [-0.1, -0.05) is 30.3 Å². The van der Waals surface area contributed by atoms with E-state index in [0.717, 1.165) is 53.5 Å². The molecule has 0 saturated heterocycles. The number of aromatic amines is 1. The molecule has 5 rings (SSSR count). The molecule has 0 unspecified atom stereocenters. The Labute approximate surface area is 256 Å². The lowest BCUT2D eigenvalue weighted by molar-refractivity contribution is -0.130. The Kier molecular flexibility index (Phi) is 9.75. The smallest absolute Gasteiger partial charge is 0.337 e. The number of methoxy groups -OCH3 is 1. The van der Waals surface area contributed by atoms with Gasteiger partial charge in [0.1, 0.15) is 6.04 Å². The van der Waals surface area contributed by atoms with Gasteiger partial charge in [0.2, 0.25) is 17.6 Å². The number of aromatic nitrogens is 4. The molecule has 0 radical (unpaired) electrons. The minimum atomic E-state index is -0.779. The second kappa shape index (κ2) is 14.0. The van der Waals surface area contributed by atoms with Crippen molar-refractivity contribution >= 4 is 23.5 Å².